The highest BCUT2D eigenvalue weighted by molar-refractivity contribution is 4.78. The Morgan fingerprint density at radius 2 is 2.00 bits per heavy atom. The van der Waals surface area contributed by atoms with Gasteiger partial charge in [0.25, 0.3) is 0 Å². The largest absolute Gasteiger partial charge is 0.378 e. The molecule has 0 spiro atoms. The lowest BCUT2D eigenvalue weighted by Crippen LogP contribution is -2.43. The van der Waals surface area contributed by atoms with Crippen LogP contribution < -0.4 is 5.32 Å². The predicted molar refractivity (Wildman–Crippen MR) is 75.9 cm³/mol. The maximum absolute atomic E-state index is 5.72. The molecule has 1 N–H and O–H groups in total. The molecule has 1 saturated carbocycles. The lowest BCUT2D eigenvalue weighted by molar-refractivity contribution is -0.000332. The molecule has 0 bridgehead atoms. The Morgan fingerprint density at radius 1 is 1.22 bits per heavy atom. The van der Waals surface area contributed by atoms with Crippen molar-refractivity contribution in [3.8, 4) is 0 Å². The monoisotopic (exact) mass is 254 g/mol. The van der Waals surface area contributed by atoms with Gasteiger partial charge in [-0.15, -0.1) is 0 Å². The summed E-state index contributed by atoms with van der Waals surface area (Å²) in [4.78, 5) is 2.55. The van der Waals surface area contributed by atoms with Gasteiger partial charge in [0.1, 0.15) is 0 Å². The highest BCUT2D eigenvalue weighted by Gasteiger charge is 2.22. The summed E-state index contributed by atoms with van der Waals surface area (Å²) in [5, 5.41) is 3.72. The third-order valence-electron chi connectivity index (χ3n) is 4.67. The number of nitrogens with zero attached hydrogens (tertiary/aromatic N) is 1. The van der Waals surface area contributed by atoms with E-state index in [-0.39, 0.29) is 0 Å². The van der Waals surface area contributed by atoms with Crippen molar-refractivity contribution in [1.82, 2.24) is 10.2 Å². The minimum Gasteiger partial charge on any atom is -0.378 e. The van der Waals surface area contributed by atoms with Crippen molar-refractivity contribution in [1.29, 1.82) is 0 Å². The zero-order valence-electron chi connectivity index (χ0n) is 12.2. The summed E-state index contributed by atoms with van der Waals surface area (Å²) in [7, 11) is 2.29. The van der Waals surface area contributed by atoms with Gasteiger partial charge in [0.2, 0.25) is 0 Å². The highest BCUT2D eigenvalue weighted by Crippen LogP contribution is 2.22. The first kappa shape index (κ1) is 14.3. The molecule has 3 nitrogen and oxygen atoms in total. The number of ether oxygens (including phenoxy) is 1. The fourth-order valence-corrected chi connectivity index (χ4v) is 3.32. The van der Waals surface area contributed by atoms with Gasteiger partial charge in [-0.05, 0) is 39.2 Å². The summed E-state index contributed by atoms with van der Waals surface area (Å²) >= 11 is 0. The minimum atomic E-state index is 0.490. The van der Waals surface area contributed by atoms with E-state index in [1.807, 2.05) is 0 Å². The van der Waals surface area contributed by atoms with Gasteiger partial charge in [0, 0.05) is 31.8 Å². The zero-order valence-corrected chi connectivity index (χ0v) is 12.2. The van der Waals surface area contributed by atoms with Crippen LogP contribution in [-0.2, 0) is 4.74 Å². The molecule has 2 unspecified atom stereocenters. The molecule has 3 heteroatoms. The molecule has 18 heavy (non-hydrogen) atoms. The average Bonchev–Trinajstić information content (AvgIpc) is 2.93. The van der Waals surface area contributed by atoms with E-state index in [4.69, 9.17) is 4.74 Å². The van der Waals surface area contributed by atoms with Crippen LogP contribution in [0.2, 0.25) is 0 Å². The Bertz CT molecular complexity index is 229. The summed E-state index contributed by atoms with van der Waals surface area (Å²) in [6.07, 6.45) is 9.70. The number of rotatable bonds is 6. The van der Waals surface area contributed by atoms with Crippen LogP contribution in [0.25, 0.3) is 0 Å². The van der Waals surface area contributed by atoms with Gasteiger partial charge in [-0.1, -0.05) is 19.8 Å². The van der Waals surface area contributed by atoms with Crippen molar-refractivity contribution in [3.05, 3.63) is 0 Å². The van der Waals surface area contributed by atoms with E-state index >= 15 is 0 Å². The van der Waals surface area contributed by atoms with Crippen LogP contribution in [0.4, 0.5) is 0 Å². The van der Waals surface area contributed by atoms with Crippen molar-refractivity contribution < 1.29 is 4.74 Å². The Kier molecular flexibility index (Phi) is 5.93. The molecule has 2 rings (SSSR count). The SMILES string of the molecule is CCC1CC(NCCN(C)C2CCCC2)CCO1. The molecule has 2 fully saturated rings. The lowest BCUT2D eigenvalue weighted by atomic mass is 10.0. The van der Waals surface area contributed by atoms with Crippen LogP contribution >= 0.6 is 0 Å². The van der Waals surface area contributed by atoms with E-state index in [1.54, 1.807) is 0 Å². The molecule has 1 heterocycles. The van der Waals surface area contributed by atoms with Crippen LogP contribution in [-0.4, -0.2) is 49.8 Å². The molecule has 1 saturated heterocycles. The minimum absolute atomic E-state index is 0.490. The van der Waals surface area contributed by atoms with Gasteiger partial charge in [-0.25, -0.2) is 0 Å². The lowest BCUT2D eigenvalue weighted by Gasteiger charge is -2.31. The van der Waals surface area contributed by atoms with Gasteiger partial charge < -0.3 is 15.0 Å². The smallest absolute Gasteiger partial charge is 0.0587 e. The van der Waals surface area contributed by atoms with Crippen LogP contribution in [0.1, 0.15) is 51.9 Å². The Morgan fingerprint density at radius 3 is 2.72 bits per heavy atom. The average molecular weight is 254 g/mol. The fourth-order valence-electron chi connectivity index (χ4n) is 3.32. The number of hydrogen-bond acceptors (Lipinski definition) is 3. The Hall–Kier alpha value is -0.120. The van der Waals surface area contributed by atoms with Gasteiger partial charge in [-0.3, -0.25) is 0 Å². The van der Waals surface area contributed by atoms with E-state index < -0.39 is 0 Å². The molecule has 106 valence electrons. The van der Waals surface area contributed by atoms with Gasteiger partial charge in [-0.2, -0.15) is 0 Å². The molecule has 2 aliphatic rings. The molecular weight excluding hydrogens is 224 g/mol. The summed E-state index contributed by atoms with van der Waals surface area (Å²) in [6.45, 7) is 5.49. The molecule has 0 aromatic carbocycles. The summed E-state index contributed by atoms with van der Waals surface area (Å²) in [5.74, 6) is 0. The van der Waals surface area contributed by atoms with Crippen LogP contribution in [0.5, 0.6) is 0 Å². The molecule has 0 radical (unpaired) electrons. The van der Waals surface area contributed by atoms with E-state index in [1.165, 1.54) is 45.1 Å². The molecule has 0 aromatic rings. The van der Waals surface area contributed by atoms with Crippen LogP contribution in [0, 0.1) is 0 Å². The molecule has 2 atom stereocenters. The maximum Gasteiger partial charge on any atom is 0.0587 e. The van der Waals surface area contributed by atoms with Crippen LogP contribution in [0.15, 0.2) is 0 Å². The van der Waals surface area contributed by atoms with E-state index in [9.17, 15) is 0 Å². The Labute approximate surface area is 112 Å². The first-order chi connectivity index (χ1) is 8.79. The summed E-state index contributed by atoms with van der Waals surface area (Å²) in [6, 6.07) is 1.53. The van der Waals surface area contributed by atoms with Crippen molar-refractivity contribution in [2.75, 3.05) is 26.7 Å². The first-order valence-electron chi connectivity index (χ1n) is 7.84. The van der Waals surface area contributed by atoms with E-state index in [0.29, 0.717) is 12.1 Å². The number of likely N-dealkylation sites (N-methyl/N-ethyl adjacent to an activating group) is 1. The molecule has 1 aliphatic heterocycles. The summed E-state index contributed by atoms with van der Waals surface area (Å²) < 4.78 is 5.72. The van der Waals surface area contributed by atoms with Gasteiger partial charge in [0.05, 0.1) is 6.10 Å². The quantitative estimate of drug-likeness (QED) is 0.788. The predicted octanol–water partition coefficient (Wildman–Crippen LogP) is 2.41. The zero-order chi connectivity index (χ0) is 12.8. The van der Waals surface area contributed by atoms with E-state index in [2.05, 4.69) is 24.2 Å². The van der Waals surface area contributed by atoms with Gasteiger partial charge in [0.15, 0.2) is 0 Å². The van der Waals surface area contributed by atoms with Crippen molar-refractivity contribution in [3.63, 3.8) is 0 Å². The molecule has 1 aliphatic carbocycles. The number of nitrogens with one attached hydrogen (secondary N) is 1. The standard InChI is InChI=1S/C15H30N2O/c1-3-15-12-13(8-11-18-15)16-9-10-17(2)14-6-4-5-7-14/h13-16H,3-12H2,1-2H3. The molecular formula is C15H30N2O. The second-order valence-corrected chi connectivity index (χ2v) is 6.00. The molecule has 0 aromatic heterocycles. The topological polar surface area (TPSA) is 24.5 Å². The van der Waals surface area contributed by atoms with Crippen molar-refractivity contribution >= 4 is 0 Å². The summed E-state index contributed by atoms with van der Waals surface area (Å²) in [5.41, 5.74) is 0. The molecule has 0 amide bonds. The van der Waals surface area contributed by atoms with Crippen molar-refractivity contribution in [2.24, 2.45) is 0 Å². The Balaban J connectivity index is 1.59. The van der Waals surface area contributed by atoms with Crippen LogP contribution in [0.3, 0.4) is 0 Å². The third kappa shape index (κ3) is 4.22. The number of hydrogen-bond donors (Lipinski definition) is 1. The second-order valence-electron chi connectivity index (χ2n) is 6.00. The van der Waals surface area contributed by atoms with E-state index in [0.717, 1.165) is 25.6 Å². The highest BCUT2D eigenvalue weighted by atomic mass is 16.5. The fraction of sp³-hybridized carbons (Fsp3) is 1.00. The van der Waals surface area contributed by atoms with Gasteiger partial charge >= 0.3 is 0 Å². The third-order valence-corrected chi connectivity index (χ3v) is 4.67. The first-order valence-corrected chi connectivity index (χ1v) is 7.84. The maximum atomic E-state index is 5.72. The normalized spacial score (nSPS) is 30.2. The van der Waals surface area contributed by atoms with Crippen molar-refractivity contribution in [2.45, 2.75) is 70.1 Å². The second kappa shape index (κ2) is 7.46.